The fraction of sp³-hybridized carbons (Fsp3) is 0.364. The van der Waals surface area contributed by atoms with E-state index in [1.165, 1.54) is 5.56 Å². The lowest BCUT2D eigenvalue weighted by molar-refractivity contribution is 0.114. The first-order chi connectivity index (χ1) is 14.5. The standard InChI is InChI=1S/C22H25N7O/c1-27(2)19-11-29(12-20(19)30)21-7-18(24-13-25-21)22-17-6-14(4-5-15(17)8-23-22)16-9-26-28(3)10-16/h4-7,9-10,13,19-20,30H,8,11-12H2,1-3H3/t19-,20-/m0/s1. The van der Waals surface area contributed by atoms with Crippen LogP contribution >= 0.6 is 0 Å². The maximum atomic E-state index is 10.4. The minimum absolute atomic E-state index is 0.0926. The van der Waals surface area contributed by atoms with Crippen molar-refractivity contribution in [3.05, 3.63) is 59.8 Å². The number of aliphatic imine (C=N–C) groups is 1. The molecule has 0 unspecified atom stereocenters. The predicted octanol–water partition coefficient (Wildman–Crippen LogP) is 1.34. The Balaban J connectivity index is 1.45. The third-order valence-electron chi connectivity index (χ3n) is 5.95. The van der Waals surface area contributed by atoms with Crippen LogP contribution in [0.2, 0.25) is 0 Å². The molecular weight excluding hydrogens is 378 g/mol. The van der Waals surface area contributed by atoms with E-state index in [0.717, 1.165) is 40.5 Å². The van der Waals surface area contributed by atoms with E-state index < -0.39 is 6.10 Å². The van der Waals surface area contributed by atoms with Gasteiger partial charge in [-0.3, -0.25) is 9.67 Å². The molecule has 8 nitrogen and oxygen atoms in total. The van der Waals surface area contributed by atoms with E-state index >= 15 is 0 Å². The van der Waals surface area contributed by atoms with Gasteiger partial charge in [0.2, 0.25) is 0 Å². The Labute approximate surface area is 175 Å². The van der Waals surface area contributed by atoms with Crippen LogP contribution < -0.4 is 4.90 Å². The molecular formula is C22H25N7O. The number of nitrogens with zero attached hydrogens (tertiary/aromatic N) is 7. The Bertz CT molecular complexity index is 1120. The second kappa shape index (κ2) is 7.30. The zero-order valence-electron chi connectivity index (χ0n) is 17.4. The molecule has 2 atom stereocenters. The summed E-state index contributed by atoms with van der Waals surface area (Å²) >= 11 is 0. The van der Waals surface area contributed by atoms with Crippen LogP contribution in [0.1, 0.15) is 16.8 Å². The van der Waals surface area contributed by atoms with Crippen LogP contribution in [0.3, 0.4) is 0 Å². The third-order valence-corrected chi connectivity index (χ3v) is 5.95. The van der Waals surface area contributed by atoms with Crippen molar-refractivity contribution in [2.75, 3.05) is 32.1 Å². The van der Waals surface area contributed by atoms with Crippen molar-refractivity contribution in [3.63, 3.8) is 0 Å². The molecule has 0 spiro atoms. The van der Waals surface area contributed by atoms with Gasteiger partial charge in [0.25, 0.3) is 0 Å². The third kappa shape index (κ3) is 3.28. The van der Waals surface area contributed by atoms with Crippen LogP contribution in [0.25, 0.3) is 11.1 Å². The molecule has 4 heterocycles. The van der Waals surface area contributed by atoms with Crippen LogP contribution in [0.4, 0.5) is 5.82 Å². The molecule has 1 fully saturated rings. The summed E-state index contributed by atoms with van der Waals surface area (Å²) < 4.78 is 1.81. The van der Waals surface area contributed by atoms with Crippen LogP contribution in [0.15, 0.2) is 48.0 Å². The second-order valence-corrected chi connectivity index (χ2v) is 8.20. The van der Waals surface area contributed by atoms with Gasteiger partial charge in [0.15, 0.2) is 0 Å². The monoisotopic (exact) mass is 403 g/mol. The van der Waals surface area contributed by atoms with Crippen molar-refractivity contribution in [1.82, 2.24) is 24.6 Å². The molecule has 8 heteroatoms. The van der Waals surface area contributed by atoms with Crippen molar-refractivity contribution in [3.8, 4) is 11.1 Å². The highest BCUT2D eigenvalue weighted by Gasteiger charge is 2.33. The highest BCUT2D eigenvalue weighted by atomic mass is 16.3. The van der Waals surface area contributed by atoms with Gasteiger partial charge < -0.3 is 14.9 Å². The van der Waals surface area contributed by atoms with Gasteiger partial charge in [-0.1, -0.05) is 12.1 Å². The second-order valence-electron chi connectivity index (χ2n) is 8.20. The summed E-state index contributed by atoms with van der Waals surface area (Å²) in [6.07, 6.45) is 5.07. The zero-order valence-corrected chi connectivity index (χ0v) is 17.4. The largest absolute Gasteiger partial charge is 0.390 e. The fourth-order valence-electron chi connectivity index (χ4n) is 4.27. The summed E-state index contributed by atoms with van der Waals surface area (Å²) in [6, 6.07) is 8.49. The van der Waals surface area contributed by atoms with Gasteiger partial charge in [-0.2, -0.15) is 5.10 Å². The number of aliphatic hydroxyl groups is 1. The first kappa shape index (κ1) is 18.9. The molecule has 0 aliphatic carbocycles. The molecule has 0 radical (unpaired) electrons. The molecule has 2 aromatic heterocycles. The topological polar surface area (TPSA) is 82.7 Å². The molecule has 2 aliphatic rings. The van der Waals surface area contributed by atoms with Gasteiger partial charge in [-0.05, 0) is 31.3 Å². The summed E-state index contributed by atoms with van der Waals surface area (Å²) in [4.78, 5) is 17.9. The van der Waals surface area contributed by atoms with Gasteiger partial charge in [-0.25, -0.2) is 9.97 Å². The lowest BCUT2D eigenvalue weighted by Crippen LogP contribution is -2.38. The van der Waals surface area contributed by atoms with Crippen LogP contribution in [0.5, 0.6) is 0 Å². The molecule has 154 valence electrons. The van der Waals surface area contributed by atoms with Crippen molar-refractivity contribution in [2.45, 2.75) is 18.7 Å². The van der Waals surface area contributed by atoms with Crippen molar-refractivity contribution in [2.24, 2.45) is 12.0 Å². The summed E-state index contributed by atoms with van der Waals surface area (Å²) in [6.45, 7) is 1.95. The molecule has 0 bridgehead atoms. The number of fused-ring (bicyclic) bond motifs is 1. The number of aryl methyl sites for hydroxylation is 1. The average Bonchev–Trinajstić information content (AvgIpc) is 3.45. The number of β-amino-alcohol motifs (C(OH)–C–C–N with tert-alkyl or cyclic N) is 1. The number of aromatic nitrogens is 4. The van der Waals surface area contributed by atoms with Gasteiger partial charge in [0.05, 0.1) is 36.3 Å². The van der Waals surface area contributed by atoms with Crippen LogP contribution in [0, 0.1) is 0 Å². The normalized spacial score (nSPS) is 20.7. The number of rotatable bonds is 4. The average molecular weight is 403 g/mol. The number of hydrogen-bond acceptors (Lipinski definition) is 7. The Morgan fingerprint density at radius 3 is 2.70 bits per heavy atom. The minimum Gasteiger partial charge on any atom is -0.390 e. The Morgan fingerprint density at radius 1 is 1.10 bits per heavy atom. The molecule has 0 amide bonds. The number of anilines is 1. The van der Waals surface area contributed by atoms with E-state index in [1.807, 2.05) is 39.6 Å². The van der Waals surface area contributed by atoms with Crippen LogP contribution in [-0.2, 0) is 13.6 Å². The van der Waals surface area contributed by atoms with Crippen LogP contribution in [-0.4, -0.2) is 74.8 Å². The molecule has 1 saturated heterocycles. The Morgan fingerprint density at radius 2 is 1.97 bits per heavy atom. The van der Waals surface area contributed by atoms with Gasteiger partial charge >= 0.3 is 0 Å². The smallest absolute Gasteiger partial charge is 0.132 e. The quantitative estimate of drug-likeness (QED) is 0.708. The van der Waals surface area contributed by atoms with Gasteiger partial charge in [0, 0.05) is 43.5 Å². The SMILES string of the molecule is CN(C)[C@H]1CN(c2cc(C3=NCc4ccc(-c5cnn(C)c5)cc43)ncn2)C[C@@H]1O. The van der Waals surface area contributed by atoms with Crippen molar-refractivity contribution < 1.29 is 5.11 Å². The lowest BCUT2D eigenvalue weighted by Gasteiger charge is -2.22. The fourth-order valence-corrected chi connectivity index (χ4v) is 4.27. The maximum absolute atomic E-state index is 10.4. The summed E-state index contributed by atoms with van der Waals surface area (Å²) in [5.74, 6) is 0.822. The predicted molar refractivity (Wildman–Crippen MR) is 116 cm³/mol. The molecule has 5 rings (SSSR count). The Kier molecular flexibility index (Phi) is 4.60. The van der Waals surface area contributed by atoms with E-state index in [4.69, 9.17) is 4.99 Å². The molecule has 2 aliphatic heterocycles. The van der Waals surface area contributed by atoms with Crippen molar-refractivity contribution in [1.29, 1.82) is 0 Å². The van der Waals surface area contributed by atoms with E-state index in [1.54, 1.807) is 11.0 Å². The summed E-state index contributed by atoms with van der Waals surface area (Å²) in [7, 11) is 5.90. The summed E-state index contributed by atoms with van der Waals surface area (Å²) in [5, 5.41) is 14.7. The lowest BCUT2D eigenvalue weighted by atomic mass is 9.98. The number of benzene rings is 1. The van der Waals surface area contributed by atoms with E-state index in [0.29, 0.717) is 13.1 Å². The highest BCUT2D eigenvalue weighted by molar-refractivity contribution is 6.14. The van der Waals surface area contributed by atoms with E-state index in [2.05, 4.69) is 43.1 Å². The number of hydrogen-bond donors (Lipinski definition) is 1. The van der Waals surface area contributed by atoms with E-state index in [9.17, 15) is 5.11 Å². The highest BCUT2D eigenvalue weighted by Crippen LogP contribution is 2.29. The number of likely N-dealkylation sites (N-methyl/N-ethyl adjacent to an activating group) is 1. The first-order valence-corrected chi connectivity index (χ1v) is 10.1. The molecule has 3 aromatic rings. The number of aliphatic hydroxyl groups excluding tert-OH is 1. The molecule has 1 N–H and O–H groups in total. The maximum Gasteiger partial charge on any atom is 0.132 e. The minimum atomic E-state index is -0.398. The Hall–Kier alpha value is -3.10. The van der Waals surface area contributed by atoms with Gasteiger partial charge in [-0.15, -0.1) is 0 Å². The van der Waals surface area contributed by atoms with Gasteiger partial charge in [0.1, 0.15) is 12.1 Å². The van der Waals surface area contributed by atoms with Crippen molar-refractivity contribution >= 4 is 11.5 Å². The zero-order chi connectivity index (χ0) is 20.8. The first-order valence-electron chi connectivity index (χ1n) is 10.1. The molecule has 30 heavy (non-hydrogen) atoms. The molecule has 1 aromatic carbocycles. The van der Waals surface area contributed by atoms with E-state index in [-0.39, 0.29) is 6.04 Å². The summed E-state index contributed by atoms with van der Waals surface area (Å²) in [5.41, 5.74) is 6.20. The molecule has 0 saturated carbocycles.